The van der Waals surface area contributed by atoms with Crippen molar-refractivity contribution < 1.29 is 4.39 Å². The SMILES string of the molecule is CCn1ncc(Cl)c1C(NN)c1cccc(C)c1F. The van der Waals surface area contributed by atoms with E-state index in [1.165, 1.54) is 0 Å². The third-order valence-corrected chi connectivity index (χ3v) is 3.40. The second-order valence-corrected chi connectivity index (χ2v) is 4.68. The largest absolute Gasteiger partial charge is 0.271 e. The van der Waals surface area contributed by atoms with Crippen molar-refractivity contribution >= 4 is 11.6 Å². The van der Waals surface area contributed by atoms with Crippen LogP contribution in [-0.2, 0) is 6.54 Å². The predicted octanol–water partition coefficient (Wildman–Crippen LogP) is 2.56. The van der Waals surface area contributed by atoms with Gasteiger partial charge in [0, 0.05) is 12.1 Å². The molecule has 1 atom stereocenters. The molecule has 0 fully saturated rings. The maximum Gasteiger partial charge on any atom is 0.131 e. The number of nitrogens with two attached hydrogens (primary N) is 1. The van der Waals surface area contributed by atoms with Gasteiger partial charge in [-0.15, -0.1) is 0 Å². The van der Waals surface area contributed by atoms with Crippen molar-refractivity contribution in [3.05, 3.63) is 52.1 Å². The molecule has 0 amide bonds. The van der Waals surface area contributed by atoms with E-state index in [1.54, 1.807) is 36.0 Å². The highest BCUT2D eigenvalue weighted by Crippen LogP contribution is 2.30. The lowest BCUT2D eigenvalue weighted by atomic mass is 10.0. The monoisotopic (exact) mass is 282 g/mol. The van der Waals surface area contributed by atoms with Crippen LogP contribution in [0.3, 0.4) is 0 Å². The van der Waals surface area contributed by atoms with Gasteiger partial charge in [0.25, 0.3) is 0 Å². The summed E-state index contributed by atoms with van der Waals surface area (Å²) in [4.78, 5) is 0. The van der Waals surface area contributed by atoms with Crippen molar-refractivity contribution in [2.75, 3.05) is 0 Å². The minimum absolute atomic E-state index is 0.287. The number of aryl methyl sites for hydroxylation is 2. The highest BCUT2D eigenvalue weighted by Gasteiger charge is 2.23. The van der Waals surface area contributed by atoms with Crippen LogP contribution in [0.5, 0.6) is 0 Å². The third-order valence-electron chi connectivity index (χ3n) is 3.11. The molecule has 2 rings (SSSR count). The van der Waals surface area contributed by atoms with Crippen molar-refractivity contribution in [2.45, 2.75) is 26.4 Å². The maximum atomic E-state index is 14.2. The van der Waals surface area contributed by atoms with Crippen LogP contribution in [0.4, 0.5) is 4.39 Å². The zero-order valence-electron chi connectivity index (χ0n) is 10.8. The van der Waals surface area contributed by atoms with Crippen LogP contribution in [0, 0.1) is 12.7 Å². The zero-order valence-corrected chi connectivity index (χ0v) is 11.6. The van der Waals surface area contributed by atoms with E-state index in [2.05, 4.69) is 10.5 Å². The standard InChI is InChI=1S/C13H16ClFN4/c1-3-19-13(10(14)7-17-19)12(18-16)9-6-4-5-8(2)11(9)15/h4-7,12,18H,3,16H2,1-2H3. The molecule has 1 aromatic carbocycles. The normalized spacial score (nSPS) is 12.7. The Morgan fingerprint density at radius 2 is 2.26 bits per heavy atom. The van der Waals surface area contributed by atoms with Gasteiger partial charge in [-0.25, -0.2) is 9.82 Å². The summed E-state index contributed by atoms with van der Waals surface area (Å²) in [5, 5.41) is 4.61. The molecule has 19 heavy (non-hydrogen) atoms. The highest BCUT2D eigenvalue weighted by atomic mass is 35.5. The van der Waals surface area contributed by atoms with Crippen LogP contribution in [0.2, 0.25) is 5.02 Å². The number of nitrogens with zero attached hydrogens (tertiary/aromatic N) is 2. The van der Waals surface area contributed by atoms with Crippen molar-refractivity contribution in [3.63, 3.8) is 0 Å². The van der Waals surface area contributed by atoms with Gasteiger partial charge >= 0.3 is 0 Å². The molecule has 0 saturated carbocycles. The zero-order chi connectivity index (χ0) is 14.0. The number of nitrogens with one attached hydrogen (secondary N) is 1. The maximum absolute atomic E-state index is 14.2. The lowest BCUT2D eigenvalue weighted by molar-refractivity contribution is 0.514. The van der Waals surface area contributed by atoms with Gasteiger partial charge in [0.2, 0.25) is 0 Å². The Bertz CT molecular complexity index is 582. The summed E-state index contributed by atoms with van der Waals surface area (Å²) in [5.74, 6) is 5.30. The van der Waals surface area contributed by atoms with Crippen molar-refractivity contribution in [1.82, 2.24) is 15.2 Å². The van der Waals surface area contributed by atoms with Crippen LogP contribution >= 0.6 is 11.6 Å². The molecule has 1 aromatic heterocycles. The lowest BCUT2D eigenvalue weighted by Crippen LogP contribution is -2.31. The van der Waals surface area contributed by atoms with E-state index in [0.717, 1.165) is 0 Å². The van der Waals surface area contributed by atoms with E-state index in [-0.39, 0.29) is 5.82 Å². The van der Waals surface area contributed by atoms with Gasteiger partial charge in [0.05, 0.1) is 23.0 Å². The Balaban J connectivity index is 2.56. The summed E-state index contributed by atoms with van der Waals surface area (Å²) in [6.07, 6.45) is 1.54. The molecule has 102 valence electrons. The molecular formula is C13H16ClFN4. The van der Waals surface area contributed by atoms with Crippen LogP contribution in [0.15, 0.2) is 24.4 Å². The smallest absolute Gasteiger partial charge is 0.131 e. The Morgan fingerprint density at radius 1 is 1.53 bits per heavy atom. The van der Waals surface area contributed by atoms with E-state index in [9.17, 15) is 4.39 Å². The molecule has 1 unspecified atom stereocenters. The summed E-state index contributed by atoms with van der Waals surface area (Å²) in [6.45, 7) is 4.28. The van der Waals surface area contributed by atoms with Crippen molar-refractivity contribution in [3.8, 4) is 0 Å². The van der Waals surface area contributed by atoms with Gasteiger partial charge in [-0.05, 0) is 19.4 Å². The molecule has 0 spiro atoms. The second kappa shape index (κ2) is 5.69. The quantitative estimate of drug-likeness (QED) is 0.669. The van der Waals surface area contributed by atoms with Gasteiger partial charge in [-0.3, -0.25) is 10.5 Å². The van der Waals surface area contributed by atoms with E-state index in [1.807, 2.05) is 6.92 Å². The minimum Gasteiger partial charge on any atom is -0.271 e. The van der Waals surface area contributed by atoms with E-state index < -0.39 is 6.04 Å². The number of halogens is 2. The van der Waals surface area contributed by atoms with Crippen molar-refractivity contribution in [2.24, 2.45) is 5.84 Å². The fraction of sp³-hybridized carbons (Fsp3) is 0.308. The lowest BCUT2D eigenvalue weighted by Gasteiger charge is -2.19. The second-order valence-electron chi connectivity index (χ2n) is 4.27. The van der Waals surface area contributed by atoms with Crippen LogP contribution < -0.4 is 11.3 Å². The number of aromatic nitrogens is 2. The number of hydrogen-bond acceptors (Lipinski definition) is 3. The first kappa shape index (κ1) is 14.0. The summed E-state index contributed by atoms with van der Waals surface area (Å²) >= 11 is 6.14. The average Bonchev–Trinajstić information content (AvgIpc) is 2.77. The number of rotatable bonds is 4. The summed E-state index contributed by atoms with van der Waals surface area (Å²) < 4.78 is 15.9. The first-order valence-electron chi connectivity index (χ1n) is 6.02. The summed E-state index contributed by atoms with van der Waals surface area (Å²) in [7, 11) is 0. The van der Waals surface area contributed by atoms with E-state index >= 15 is 0 Å². The Morgan fingerprint density at radius 3 is 2.89 bits per heavy atom. The van der Waals surface area contributed by atoms with Gasteiger partial charge in [-0.2, -0.15) is 5.10 Å². The molecule has 0 radical (unpaired) electrons. The summed E-state index contributed by atoms with van der Waals surface area (Å²) in [6, 6.07) is 4.66. The average molecular weight is 283 g/mol. The van der Waals surface area contributed by atoms with Gasteiger partial charge in [0.1, 0.15) is 5.82 Å². The molecule has 0 aliphatic carbocycles. The predicted molar refractivity (Wildman–Crippen MR) is 73.2 cm³/mol. The molecule has 0 aliphatic rings. The fourth-order valence-corrected chi connectivity index (χ4v) is 2.37. The van der Waals surface area contributed by atoms with Gasteiger partial charge < -0.3 is 0 Å². The Labute approximate surface area is 116 Å². The van der Waals surface area contributed by atoms with Crippen LogP contribution in [-0.4, -0.2) is 9.78 Å². The molecule has 2 aromatic rings. The summed E-state index contributed by atoms with van der Waals surface area (Å²) in [5.41, 5.74) is 4.31. The molecule has 4 nitrogen and oxygen atoms in total. The topological polar surface area (TPSA) is 55.9 Å². The van der Waals surface area contributed by atoms with Crippen LogP contribution in [0.25, 0.3) is 0 Å². The number of benzene rings is 1. The fourth-order valence-electron chi connectivity index (χ4n) is 2.12. The van der Waals surface area contributed by atoms with Crippen LogP contribution in [0.1, 0.15) is 29.8 Å². The van der Waals surface area contributed by atoms with Crippen molar-refractivity contribution in [1.29, 1.82) is 0 Å². The highest BCUT2D eigenvalue weighted by molar-refractivity contribution is 6.31. The van der Waals surface area contributed by atoms with E-state index in [4.69, 9.17) is 17.4 Å². The van der Waals surface area contributed by atoms with Gasteiger partial charge in [0.15, 0.2) is 0 Å². The van der Waals surface area contributed by atoms with Gasteiger partial charge in [-0.1, -0.05) is 29.8 Å². The Kier molecular flexibility index (Phi) is 4.19. The molecule has 1 heterocycles. The molecule has 3 N–H and O–H groups in total. The Hall–Kier alpha value is -1.43. The number of hydrogen-bond donors (Lipinski definition) is 2. The molecule has 0 saturated heterocycles. The third kappa shape index (κ3) is 2.49. The first-order valence-corrected chi connectivity index (χ1v) is 6.40. The molecule has 0 aliphatic heterocycles. The molecule has 6 heteroatoms. The first-order chi connectivity index (χ1) is 9.10. The minimum atomic E-state index is -0.533. The number of hydrazine groups is 1. The molecular weight excluding hydrogens is 267 g/mol. The molecule has 0 bridgehead atoms. The van der Waals surface area contributed by atoms with E-state index in [0.29, 0.717) is 28.4 Å².